The number of aromatic hydroxyl groups is 2. The molecule has 0 saturated carbocycles. The number of carbonyl (C=O) groups is 1. The Morgan fingerprint density at radius 3 is 2.37 bits per heavy atom. The van der Waals surface area contributed by atoms with E-state index < -0.39 is 6.10 Å². The number of benzene rings is 2. The van der Waals surface area contributed by atoms with Crippen LogP contribution >= 0.6 is 0 Å². The molecule has 1 atom stereocenters. The molecule has 1 unspecified atom stereocenters. The lowest BCUT2D eigenvalue weighted by Gasteiger charge is -2.18. The zero-order chi connectivity index (χ0) is 19.6. The average molecular weight is 372 g/mol. The zero-order valence-electron chi connectivity index (χ0n) is 15.5. The zero-order valence-corrected chi connectivity index (χ0v) is 15.5. The number of aryl methyl sites for hydroxylation is 1. The molecule has 2 aromatic carbocycles. The number of ether oxygens (including phenoxy) is 2. The van der Waals surface area contributed by atoms with Crippen LogP contribution in [-0.4, -0.2) is 41.4 Å². The highest BCUT2D eigenvalue weighted by Crippen LogP contribution is 2.48. The number of carbonyl (C=O) groups excluding carboxylic acids is 1. The summed E-state index contributed by atoms with van der Waals surface area (Å²) in [6.07, 6.45) is 1.34. The Balaban J connectivity index is 2.23. The molecule has 144 valence electrons. The lowest BCUT2D eigenvalue weighted by Crippen LogP contribution is -2.22. The minimum atomic E-state index is -1.08. The summed E-state index contributed by atoms with van der Waals surface area (Å²) in [5.41, 5.74) is 2.34. The van der Waals surface area contributed by atoms with E-state index in [0.717, 1.165) is 5.56 Å². The van der Waals surface area contributed by atoms with Crippen LogP contribution < -0.4 is 9.47 Å². The molecule has 0 amide bonds. The lowest BCUT2D eigenvalue weighted by molar-refractivity contribution is -0.127. The first-order chi connectivity index (χ1) is 13.0. The predicted molar refractivity (Wildman–Crippen MR) is 101 cm³/mol. The van der Waals surface area contributed by atoms with Crippen LogP contribution in [0.3, 0.4) is 0 Å². The van der Waals surface area contributed by atoms with E-state index in [-0.39, 0.29) is 29.5 Å². The first kappa shape index (κ1) is 19.0. The highest BCUT2D eigenvalue weighted by molar-refractivity contribution is 5.84. The summed E-state index contributed by atoms with van der Waals surface area (Å²) in [5.74, 6) is 0.319. The third-order valence-electron chi connectivity index (χ3n) is 4.97. The number of hydrogen-bond acceptors (Lipinski definition) is 6. The van der Waals surface area contributed by atoms with Gasteiger partial charge >= 0.3 is 0 Å². The average Bonchev–Trinajstić information content (AvgIpc) is 2.66. The molecule has 3 N–H and O–H groups in total. The Hall–Kier alpha value is -2.73. The molecule has 4 bridgehead atoms. The van der Waals surface area contributed by atoms with Crippen molar-refractivity contribution in [1.82, 2.24) is 0 Å². The van der Waals surface area contributed by atoms with Crippen LogP contribution in [-0.2, 0) is 17.6 Å². The van der Waals surface area contributed by atoms with Crippen molar-refractivity contribution >= 4 is 5.78 Å². The normalized spacial score (nSPS) is 17.4. The van der Waals surface area contributed by atoms with Gasteiger partial charge in [0, 0.05) is 24.0 Å². The number of phenolic OH excluding ortho intramolecular Hbond substituents is 2. The topological polar surface area (TPSA) is 96.2 Å². The van der Waals surface area contributed by atoms with Gasteiger partial charge in [0.05, 0.1) is 14.2 Å². The van der Waals surface area contributed by atoms with Crippen molar-refractivity contribution in [2.45, 2.75) is 38.2 Å². The van der Waals surface area contributed by atoms with Gasteiger partial charge in [-0.25, -0.2) is 0 Å². The molecule has 2 aromatic rings. The number of ketones is 1. The highest BCUT2D eigenvalue weighted by atomic mass is 16.5. The van der Waals surface area contributed by atoms with E-state index in [1.807, 2.05) is 0 Å². The fraction of sp³-hybridized carbons (Fsp3) is 0.381. The van der Waals surface area contributed by atoms with E-state index in [4.69, 9.17) is 9.47 Å². The summed E-state index contributed by atoms with van der Waals surface area (Å²) in [7, 11) is 2.96. The second kappa shape index (κ2) is 7.88. The summed E-state index contributed by atoms with van der Waals surface area (Å²) in [4.78, 5) is 12.2. The van der Waals surface area contributed by atoms with Gasteiger partial charge in [0.2, 0.25) is 5.75 Å². The number of fused-ring (bicyclic) bond motifs is 5. The molecular formula is C21H24O6. The van der Waals surface area contributed by atoms with Crippen molar-refractivity contribution in [2.24, 2.45) is 0 Å². The minimum absolute atomic E-state index is 0.0112. The SMILES string of the molecule is COc1c2cc(c(O)c1OC)-c1cc(ccc1O)CC(O)C(=O)CCCC2. The smallest absolute Gasteiger partial charge is 0.203 e. The van der Waals surface area contributed by atoms with Crippen LogP contribution in [0.15, 0.2) is 24.3 Å². The van der Waals surface area contributed by atoms with Gasteiger partial charge in [-0.2, -0.15) is 0 Å². The number of hydrogen-bond donors (Lipinski definition) is 3. The first-order valence-corrected chi connectivity index (χ1v) is 8.96. The van der Waals surface area contributed by atoms with Crippen molar-refractivity contribution in [3.8, 4) is 34.1 Å². The molecule has 0 saturated heterocycles. The van der Waals surface area contributed by atoms with Gasteiger partial charge in [-0.1, -0.05) is 6.07 Å². The molecule has 0 radical (unpaired) electrons. The molecule has 6 heteroatoms. The Kier molecular flexibility index (Phi) is 5.56. The van der Waals surface area contributed by atoms with Crippen LogP contribution in [0.25, 0.3) is 11.1 Å². The van der Waals surface area contributed by atoms with Gasteiger partial charge in [-0.3, -0.25) is 4.79 Å². The molecule has 0 spiro atoms. The molecule has 0 fully saturated rings. The van der Waals surface area contributed by atoms with E-state index in [2.05, 4.69) is 0 Å². The number of rotatable bonds is 2. The largest absolute Gasteiger partial charge is 0.507 e. The fourth-order valence-corrected chi connectivity index (χ4v) is 3.53. The fourth-order valence-electron chi connectivity index (χ4n) is 3.53. The summed E-state index contributed by atoms with van der Waals surface area (Å²) in [5, 5.41) is 31.3. The van der Waals surface area contributed by atoms with Gasteiger partial charge in [-0.05, 0) is 48.6 Å². The molecule has 1 aliphatic carbocycles. The Bertz CT molecular complexity index is 858. The molecule has 0 heterocycles. The summed E-state index contributed by atoms with van der Waals surface area (Å²) < 4.78 is 10.8. The molecule has 6 nitrogen and oxygen atoms in total. The van der Waals surface area contributed by atoms with E-state index in [9.17, 15) is 20.1 Å². The van der Waals surface area contributed by atoms with Gasteiger partial charge in [0.25, 0.3) is 0 Å². The van der Waals surface area contributed by atoms with E-state index in [1.165, 1.54) is 20.3 Å². The summed E-state index contributed by atoms with van der Waals surface area (Å²) in [6, 6.07) is 6.62. The van der Waals surface area contributed by atoms with Crippen LogP contribution in [0.1, 0.15) is 30.4 Å². The van der Waals surface area contributed by atoms with Crippen LogP contribution in [0, 0.1) is 0 Å². The van der Waals surface area contributed by atoms with Crippen molar-refractivity contribution in [2.75, 3.05) is 14.2 Å². The van der Waals surface area contributed by atoms with Crippen molar-refractivity contribution < 1.29 is 29.6 Å². The predicted octanol–water partition coefficient (Wildman–Crippen LogP) is 2.98. The van der Waals surface area contributed by atoms with Crippen LogP contribution in [0.5, 0.6) is 23.0 Å². The molecular weight excluding hydrogens is 348 g/mol. The molecule has 0 aliphatic heterocycles. The Morgan fingerprint density at radius 2 is 1.67 bits per heavy atom. The second-order valence-electron chi connectivity index (χ2n) is 6.74. The minimum Gasteiger partial charge on any atom is -0.507 e. The molecule has 0 aromatic heterocycles. The van der Waals surface area contributed by atoms with Gasteiger partial charge in [-0.15, -0.1) is 0 Å². The first-order valence-electron chi connectivity index (χ1n) is 8.96. The molecule has 1 aliphatic rings. The van der Waals surface area contributed by atoms with E-state index >= 15 is 0 Å². The van der Waals surface area contributed by atoms with Crippen molar-refractivity contribution in [1.29, 1.82) is 0 Å². The maximum atomic E-state index is 12.2. The summed E-state index contributed by atoms with van der Waals surface area (Å²) >= 11 is 0. The second-order valence-corrected chi connectivity index (χ2v) is 6.74. The standard InChI is InChI=1S/C21H24O6/c1-26-20-13-5-3-4-6-17(23)18(24)10-12-7-8-16(22)14(9-12)15(11-13)19(25)21(20)27-2/h7-9,11,18,22,24-25H,3-6,10H2,1-2H3. The third-order valence-corrected chi connectivity index (χ3v) is 4.97. The van der Waals surface area contributed by atoms with Gasteiger partial charge in [0.15, 0.2) is 17.3 Å². The third kappa shape index (κ3) is 3.71. The van der Waals surface area contributed by atoms with Gasteiger partial charge < -0.3 is 24.8 Å². The van der Waals surface area contributed by atoms with Crippen LogP contribution in [0.4, 0.5) is 0 Å². The highest BCUT2D eigenvalue weighted by Gasteiger charge is 2.23. The van der Waals surface area contributed by atoms with Crippen molar-refractivity contribution in [3.05, 3.63) is 35.4 Å². The molecule has 27 heavy (non-hydrogen) atoms. The number of methoxy groups -OCH3 is 2. The number of aliphatic hydroxyl groups excluding tert-OH is 1. The van der Waals surface area contributed by atoms with E-state index in [0.29, 0.717) is 48.1 Å². The number of phenols is 2. The van der Waals surface area contributed by atoms with Crippen LogP contribution in [0.2, 0.25) is 0 Å². The number of aliphatic hydroxyl groups is 1. The van der Waals surface area contributed by atoms with Gasteiger partial charge in [0.1, 0.15) is 11.9 Å². The van der Waals surface area contributed by atoms with E-state index in [1.54, 1.807) is 18.2 Å². The Labute approximate surface area is 158 Å². The Morgan fingerprint density at radius 1 is 0.963 bits per heavy atom. The maximum Gasteiger partial charge on any atom is 0.203 e. The molecule has 3 rings (SSSR count). The number of Topliss-reactive ketones (excluding diaryl/α,β-unsaturated/α-hetero) is 1. The quantitative estimate of drug-likeness (QED) is 0.750. The monoisotopic (exact) mass is 372 g/mol. The lowest BCUT2D eigenvalue weighted by atomic mass is 9.95. The summed E-state index contributed by atoms with van der Waals surface area (Å²) in [6.45, 7) is 0. The van der Waals surface area contributed by atoms with Crippen molar-refractivity contribution in [3.63, 3.8) is 0 Å². The maximum absolute atomic E-state index is 12.2.